The highest BCUT2D eigenvalue weighted by Gasteiger charge is 2.12. The number of hydrogen-bond acceptors (Lipinski definition) is 3. The van der Waals surface area contributed by atoms with Gasteiger partial charge in [0.05, 0.1) is 28.4 Å². The van der Waals surface area contributed by atoms with E-state index in [9.17, 15) is 4.79 Å². The van der Waals surface area contributed by atoms with Crippen LogP contribution in [-0.2, 0) is 6.54 Å². The maximum absolute atomic E-state index is 12.3. The van der Waals surface area contributed by atoms with Gasteiger partial charge in [-0.3, -0.25) is 9.78 Å². The molecule has 3 rings (SSSR count). The molecule has 1 N–H and O–H groups in total. The van der Waals surface area contributed by atoms with E-state index in [1.165, 1.54) is 6.20 Å². The molecular weight excluding hydrogens is 415 g/mol. The topological polar surface area (TPSA) is 59.8 Å². The van der Waals surface area contributed by atoms with Crippen LogP contribution < -0.4 is 5.32 Å². The molecule has 1 aromatic carbocycles. The molecule has 0 aliphatic heterocycles. The van der Waals surface area contributed by atoms with Crippen molar-refractivity contribution in [2.24, 2.45) is 0 Å². The van der Waals surface area contributed by atoms with Crippen molar-refractivity contribution in [2.75, 3.05) is 5.32 Å². The molecule has 1 amide bonds. The molecule has 8 heteroatoms. The number of amides is 1. The predicted molar refractivity (Wildman–Crippen MR) is 97.7 cm³/mol. The second-order valence-electron chi connectivity index (χ2n) is 4.93. The molecule has 0 saturated heterocycles. The first kappa shape index (κ1) is 17.0. The van der Waals surface area contributed by atoms with Crippen molar-refractivity contribution < 1.29 is 4.79 Å². The van der Waals surface area contributed by atoms with E-state index in [1.807, 2.05) is 12.1 Å². The number of rotatable bonds is 4. The summed E-state index contributed by atoms with van der Waals surface area (Å²) in [5.41, 5.74) is 1.26. The number of nitrogens with zero attached hydrogens (tertiary/aromatic N) is 3. The average molecular weight is 426 g/mol. The van der Waals surface area contributed by atoms with Gasteiger partial charge in [0.25, 0.3) is 5.91 Å². The van der Waals surface area contributed by atoms with Crippen LogP contribution in [0.2, 0.25) is 10.0 Å². The lowest BCUT2D eigenvalue weighted by molar-refractivity contribution is 0.102. The number of carbonyl (C=O) groups is 1. The summed E-state index contributed by atoms with van der Waals surface area (Å²) in [6, 6.07) is 8.80. The second-order valence-corrected chi connectivity index (χ2v) is 6.63. The molecule has 3 aromatic rings. The Bertz CT molecular complexity index is 897. The van der Waals surface area contributed by atoms with Gasteiger partial charge in [0.1, 0.15) is 5.82 Å². The number of carbonyl (C=O) groups excluding carboxylic acids is 1. The first-order chi connectivity index (χ1) is 11.5. The van der Waals surface area contributed by atoms with Gasteiger partial charge in [-0.05, 0) is 33.6 Å². The Labute approximate surface area is 156 Å². The third-order valence-electron chi connectivity index (χ3n) is 3.28. The molecule has 0 aliphatic carbocycles. The van der Waals surface area contributed by atoms with Crippen molar-refractivity contribution in [3.05, 3.63) is 74.6 Å². The van der Waals surface area contributed by atoms with E-state index in [-0.39, 0.29) is 5.91 Å². The average Bonchev–Trinajstić information content (AvgIpc) is 2.99. The fourth-order valence-electron chi connectivity index (χ4n) is 2.12. The maximum Gasteiger partial charge on any atom is 0.258 e. The van der Waals surface area contributed by atoms with Crippen molar-refractivity contribution in [2.45, 2.75) is 6.54 Å². The molecule has 0 aliphatic rings. The SMILES string of the molecule is O=C(Nc1ccnn1Cc1cccc(Cl)c1Cl)c1cncc(Br)c1. The lowest BCUT2D eigenvalue weighted by Crippen LogP contribution is -2.16. The van der Waals surface area contributed by atoms with Crippen LogP contribution in [0.25, 0.3) is 0 Å². The van der Waals surface area contributed by atoms with Crippen molar-refractivity contribution in [3.63, 3.8) is 0 Å². The lowest BCUT2D eigenvalue weighted by Gasteiger charge is -2.11. The van der Waals surface area contributed by atoms with Crippen molar-refractivity contribution in [1.82, 2.24) is 14.8 Å². The van der Waals surface area contributed by atoms with E-state index < -0.39 is 0 Å². The van der Waals surface area contributed by atoms with Gasteiger partial charge < -0.3 is 5.32 Å². The molecule has 0 bridgehead atoms. The monoisotopic (exact) mass is 424 g/mol. The summed E-state index contributed by atoms with van der Waals surface area (Å²) in [6.07, 6.45) is 4.71. The fourth-order valence-corrected chi connectivity index (χ4v) is 2.87. The summed E-state index contributed by atoms with van der Waals surface area (Å²) < 4.78 is 2.37. The minimum atomic E-state index is -0.275. The van der Waals surface area contributed by atoms with E-state index in [2.05, 4.69) is 31.3 Å². The molecule has 0 radical (unpaired) electrons. The first-order valence-corrected chi connectivity index (χ1v) is 8.46. The van der Waals surface area contributed by atoms with Crippen molar-refractivity contribution in [3.8, 4) is 0 Å². The zero-order valence-corrected chi connectivity index (χ0v) is 15.3. The van der Waals surface area contributed by atoms with Gasteiger partial charge in [-0.25, -0.2) is 4.68 Å². The number of pyridine rings is 1. The number of aromatic nitrogens is 3. The molecule has 0 spiro atoms. The predicted octanol–water partition coefficient (Wildman–Crippen LogP) is 4.65. The molecule has 0 unspecified atom stereocenters. The van der Waals surface area contributed by atoms with Crippen molar-refractivity contribution >= 4 is 50.9 Å². The third-order valence-corrected chi connectivity index (χ3v) is 4.57. The second kappa shape index (κ2) is 7.34. The largest absolute Gasteiger partial charge is 0.307 e. The fraction of sp³-hybridized carbons (Fsp3) is 0.0625. The van der Waals surface area contributed by atoms with Crippen LogP contribution in [0.5, 0.6) is 0 Å². The minimum Gasteiger partial charge on any atom is -0.307 e. The van der Waals surface area contributed by atoms with Crippen LogP contribution in [0.15, 0.2) is 53.4 Å². The number of nitrogens with one attached hydrogen (secondary N) is 1. The van der Waals surface area contributed by atoms with E-state index in [0.29, 0.717) is 28.0 Å². The summed E-state index contributed by atoms with van der Waals surface area (Å²) in [5, 5.41) is 7.99. The molecule has 0 saturated carbocycles. The quantitative estimate of drug-likeness (QED) is 0.661. The highest BCUT2D eigenvalue weighted by molar-refractivity contribution is 9.10. The summed E-state index contributed by atoms with van der Waals surface area (Å²) >= 11 is 15.5. The van der Waals surface area contributed by atoms with Crippen LogP contribution in [-0.4, -0.2) is 20.7 Å². The standard InChI is InChI=1S/C16H11BrCl2N4O/c17-12-6-11(7-20-8-12)16(24)22-14-4-5-21-23(14)9-10-2-1-3-13(18)15(10)19/h1-8H,9H2,(H,22,24). The van der Waals surface area contributed by atoms with Gasteiger partial charge >= 0.3 is 0 Å². The highest BCUT2D eigenvalue weighted by atomic mass is 79.9. The van der Waals surface area contributed by atoms with Gasteiger partial charge in [-0.1, -0.05) is 35.3 Å². The lowest BCUT2D eigenvalue weighted by atomic mass is 10.2. The molecule has 0 atom stereocenters. The van der Waals surface area contributed by atoms with E-state index in [4.69, 9.17) is 23.2 Å². The zero-order chi connectivity index (χ0) is 17.1. The van der Waals surface area contributed by atoms with Gasteiger partial charge in [-0.15, -0.1) is 0 Å². The summed E-state index contributed by atoms with van der Waals surface area (Å²) in [6.45, 7) is 0.388. The maximum atomic E-state index is 12.3. The normalized spacial score (nSPS) is 10.6. The van der Waals surface area contributed by atoms with Crippen LogP contribution in [0.1, 0.15) is 15.9 Å². The van der Waals surface area contributed by atoms with Gasteiger partial charge in [0.15, 0.2) is 0 Å². The highest BCUT2D eigenvalue weighted by Crippen LogP contribution is 2.26. The Morgan fingerprint density at radius 2 is 2.08 bits per heavy atom. The Balaban J connectivity index is 1.80. The Morgan fingerprint density at radius 1 is 1.25 bits per heavy atom. The molecule has 2 heterocycles. The Morgan fingerprint density at radius 3 is 2.88 bits per heavy atom. The molecule has 2 aromatic heterocycles. The van der Waals surface area contributed by atoms with Crippen LogP contribution in [0.4, 0.5) is 5.82 Å². The Hall–Kier alpha value is -1.89. The van der Waals surface area contributed by atoms with Crippen LogP contribution in [0, 0.1) is 0 Å². The van der Waals surface area contributed by atoms with E-state index in [0.717, 1.165) is 10.0 Å². The zero-order valence-electron chi connectivity index (χ0n) is 12.2. The van der Waals surface area contributed by atoms with Crippen LogP contribution >= 0.6 is 39.1 Å². The number of anilines is 1. The number of benzene rings is 1. The van der Waals surface area contributed by atoms with Gasteiger partial charge in [0.2, 0.25) is 0 Å². The first-order valence-electron chi connectivity index (χ1n) is 6.91. The van der Waals surface area contributed by atoms with E-state index in [1.54, 1.807) is 35.3 Å². The van der Waals surface area contributed by atoms with E-state index >= 15 is 0 Å². The minimum absolute atomic E-state index is 0.275. The molecular formula is C16H11BrCl2N4O. The molecule has 5 nitrogen and oxygen atoms in total. The molecule has 0 fully saturated rings. The summed E-state index contributed by atoms with van der Waals surface area (Å²) in [4.78, 5) is 16.3. The van der Waals surface area contributed by atoms with Crippen molar-refractivity contribution in [1.29, 1.82) is 0 Å². The number of hydrogen-bond donors (Lipinski definition) is 1. The third kappa shape index (κ3) is 3.77. The summed E-state index contributed by atoms with van der Waals surface area (Å²) in [7, 11) is 0. The smallest absolute Gasteiger partial charge is 0.258 e. The van der Waals surface area contributed by atoms with Crippen LogP contribution in [0.3, 0.4) is 0 Å². The molecule has 24 heavy (non-hydrogen) atoms. The molecule has 122 valence electrons. The summed E-state index contributed by atoms with van der Waals surface area (Å²) in [5.74, 6) is 0.277. The Kier molecular flexibility index (Phi) is 5.18. The van der Waals surface area contributed by atoms with Gasteiger partial charge in [0, 0.05) is 22.9 Å². The number of halogens is 3. The van der Waals surface area contributed by atoms with Gasteiger partial charge in [-0.2, -0.15) is 5.10 Å².